The van der Waals surface area contributed by atoms with Gasteiger partial charge in [-0.1, -0.05) is 122 Å². The van der Waals surface area contributed by atoms with Crippen LogP contribution in [0.4, 0.5) is 0 Å². The molecule has 0 aliphatic rings. The van der Waals surface area contributed by atoms with Gasteiger partial charge in [-0.2, -0.15) is 0 Å². The predicted octanol–water partition coefficient (Wildman–Crippen LogP) is 8.14. The molecule has 0 rings (SSSR count). The summed E-state index contributed by atoms with van der Waals surface area (Å²) in [7, 11) is -4.25. The van der Waals surface area contributed by atoms with Gasteiger partial charge in [0.1, 0.15) is 12.7 Å². The van der Waals surface area contributed by atoms with E-state index in [1.165, 1.54) is 116 Å². The SMILES string of the molecule is CCCCCCCCCC/C=C\CCCCCCCCCCCCCC(=O)OCC(O)COP(=O)(O)OCCN. The number of ether oxygens (including phenoxy) is 1. The molecule has 0 bridgehead atoms. The Kier molecular flexibility index (Phi) is 29.2. The van der Waals surface area contributed by atoms with E-state index < -0.39 is 20.5 Å². The molecule has 0 heterocycles. The molecule has 0 saturated carbocycles. The molecular formula is C31H62NO7P. The standard InChI is InChI=1S/C31H62NO7P/c1-2-3-4-5-6-7-8-9-10-11-12-13-14-15-16-17-18-19-20-21-22-23-24-25-31(34)37-28-30(33)29-39-40(35,36)38-27-26-32/h11-12,30,33H,2-10,13-29,32H2,1H3,(H,35,36)/b12-11-. The first kappa shape index (κ1) is 39.2. The Morgan fingerprint density at radius 1 is 0.725 bits per heavy atom. The van der Waals surface area contributed by atoms with Crippen LogP contribution in [0, 0.1) is 0 Å². The van der Waals surface area contributed by atoms with E-state index in [9.17, 15) is 19.4 Å². The first-order chi connectivity index (χ1) is 19.4. The molecule has 0 radical (unpaired) electrons. The molecule has 0 fully saturated rings. The van der Waals surface area contributed by atoms with Crippen molar-refractivity contribution in [2.45, 2.75) is 154 Å². The maximum Gasteiger partial charge on any atom is 0.472 e. The molecule has 238 valence electrons. The summed E-state index contributed by atoms with van der Waals surface area (Å²) in [5.74, 6) is -0.385. The van der Waals surface area contributed by atoms with Crippen LogP contribution in [0.2, 0.25) is 0 Å². The van der Waals surface area contributed by atoms with E-state index in [1.54, 1.807) is 0 Å². The van der Waals surface area contributed by atoms with Gasteiger partial charge in [-0.05, 0) is 32.1 Å². The number of carbonyl (C=O) groups is 1. The van der Waals surface area contributed by atoms with Crippen LogP contribution in [0.1, 0.15) is 148 Å². The normalized spacial score (nSPS) is 14.0. The number of phosphoric acid groups is 1. The molecule has 9 heteroatoms. The molecule has 0 aromatic rings. The van der Waals surface area contributed by atoms with E-state index >= 15 is 0 Å². The molecular weight excluding hydrogens is 529 g/mol. The lowest BCUT2D eigenvalue weighted by atomic mass is 10.0. The molecule has 0 saturated heterocycles. The van der Waals surface area contributed by atoms with E-state index in [4.69, 9.17) is 10.5 Å². The summed E-state index contributed by atoms with van der Waals surface area (Å²) in [6.07, 6.45) is 30.8. The number of rotatable bonds is 31. The second-order valence-electron chi connectivity index (χ2n) is 10.9. The van der Waals surface area contributed by atoms with Crippen LogP contribution in [0.5, 0.6) is 0 Å². The quantitative estimate of drug-likeness (QED) is 0.0319. The zero-order valence-electron chi connectivity index (χ0n) is 25.6. The summed E-state index contributed by atoms with van der Waals surface area (Å²) < 4.78 is 25.6. The molecule has 2 unspecified atom stereocenters. The first-order valence-electron chi connectivity index (χ1n) is 16.2. The minimum absolute atomic E-state index is 0.0754. The van der Waals surface area contributed by atoms with Gasteiger partial charge < -0.3 is 20.5 Å². The number of carbonyl (C=O) groups excluding carboxylic acids is 1. The minimum Gasteiger partial charge on any atom is -0.463 e. The number of aliphatic hydroxyl groups excluding tert-OH is 1. The van der Waals surface area contributed by atoms with E-state index in [-0.39, 0.29) is 25.7 Å². The fourth-order valence-corrected chi connectivity index (χ4v) is 5.22. The van der Waals surface area contributed by atoms with Crippen molar-refractivity contribution in [3.8, 4) is 0 Å². The van der Waals surface area contributed by atoms with E-state index in [2.05, 4.69) is 28.1 Å². The summed E-state index contributed by atoms with van der Waals surface area (Å²) in [6.45, 7) is 1.46. The largest absolute Gasteiger partial charge is 0.472 e. The summed E-state index contributed by atoms with van der Waals surface area (Å²) >= 11 is 0. The highest BCUT2D eigenvalue weighted by Gasteiger charge is 2.22. The third kappa shape index (κ3) is 30.2. The Balaban J connectivity index is 3.35. The molecule has 0 aliphatic heterocycles. The second-order valence-corrected chi connectivity index (χ2v) is 12.3. The van der Waals surface area contributed by atoms with Crippen molar-refractivity contribution in [1.29, 1.82) is 0 Å². The molecule has 8 nitrogen and oxygen atoms in total. The monoisotopic (exact) mass is 591 g/mol. The summed E-state index contributed by atoms with van der Waals surface area (Å²) in [5.41, 5.74) is 5.19. The number of hydrogen-bond acceptors (Lipinski definition) is 7. The lowest BCUT2D eigenvalue weighted by Crippen LogP contribution is -2.23. The first-order valence-corrected chi connectivity index (χ1v) is 17.7. The van der Waals surface area contributed by atoms with E-state index in [1.807, 2.05) is 0 Å². The number of unbranched alkanes of at least 4 members (excludes halogenated alkanes) is 19. The third-order valence-corrected chi connectivity index (χ3v) is 7.87. The Morgan fingerprint density at radius 3 is 1.65 bits per heavy atom. The van der Waals surface area contributed by atoms with Crippen molar-refractivity contribution >= 4 is 13.8 Å². The van der Waals surface area contributed by atoms with Crippen molar-refractivity contribution in [1.82, 2.24) is 0 Å². The number of allylic oxidation sites excluding steroid dienone is 2. The van der Waals surface area contributed by atoms with Crippen LogP contribution in [-0.4, -0.2) is 48.4 Å². The molecule has 40 heavy (non-hydrogen) atoms. The lowest BCUT2D eigenvalue weighted by Gasteiger charge is -2.15. The van der Waals surface area contributed by atoms with Gasteiger partial charge in [0.25, 0.3) is 0 Å². The highest BCUT2D eigenvalue weighted by molar-refractivity contribution is 7.47. The van der Waals surface area contributed by atoms with Crippen molar-refractivity contribution in [2.75, 3.05) is 26.4 Å². The fraction of sp³-hybridized carbons (Fsp3) is 0.903. The molecule has 0 aromatic carbocycles. The van der Waals surface area contributed by atoms with Crippen molar-refractivity contribution in [2.24, 2.45) is 5.73 Å². The summed E-state index contributed by atoms with van der Waals surface area (Å²) in [6, 6.07) is 0. The van der Waals surface area contributed by atoms with Gasteiger partial charge in [0.05, 0.1) is 13.2 Å². The van der Waals surface area contributed by atoms with Gasteiger partial charge in [0.2, 0.25) is 0 Å². The van der Waals surface area contributed by atoms with Crippen molar-refractivity contribution in [3.63, 3.8) is 0 Å². The summed E-state index contributed by atoms with van der Waals surface area (Å²) in [4.78, 5) is 21.1. The third-order valence-electron chi connectivity index (χ3n) is 6.88. The number of phosphoric ester groups is 1. The van der Waals surface area contributed by atoms with E-state index in [0.717, 1.165) is 19.3 Å². The average Bonchev–Trinajstić information content (AvgIpc) is 2.94. The maximum absolute atomic E-state index is 11.8. The predicted molar refractivity (Wildman–Crippen MR) is 164 cm³/mol. The van der Waals surface area contributed by atoms with Crippen LogP contribution >= 0.6 is 7.82 Å². The van der Waals surface area contributed by atoms with Crippen LogP contribution in [0.25, 0.3) is 0 Å². The Hall–Kier alpha value is -0.760. The van der Waals surface area contributed by atoms with Crippen LogP contribution in [-0.2, 0) is 23.1 Å². The Morgan fingerprint density at radius 2 is 1.18 bits per heavy atom. The van der Waals surface area contributed by atoms with Gasteiger partial charge in [0, 0.05) is 13.0 Å². The molecule has 0 aromatic heterocycles. The molecule has 2 atom stereocenters. The van der Waals surface area contributed by atoms with Gasteiger partial charge in [-0.3, -0.25) is 13.8 Å². The lowest BCUT2D eigenvalue weighted by molar-refractivity contribution is -0.147. The Bertz CT molecular complexity index is 633. The molecule has 0 spiro atoms. The fourth-order valence-electron chi connectivity index (χ4n) is 4.45. The molecule has 0 aliphatic carbocycles. The number of esters is 1. The van der Waals surface area contributed by atoms with Crippen molar-refractivity contribution < 1.29 is 33.1 Å². The van der Waals surface area contributed by atoms with Crippen LogP contribution in [0.3, 0.4) is 0 Å². The van der Waals surface area contributed by atoms with Crippen molar-refractivity contribution in [3.05, 3.63) is 12.2 Å². The smallest absolute Gasteiger partial charge is 0.463 e. The highest BCUT2D eigenvalue weighted by Crippen LogP contribution is 2.42. The minimum atomic E-state index is -4.25. The van der Waals surface area contributed by atoms with Gasteiger partial charge in [0.15, 0.2) is 0 Å². The van der Waals surface area contributed by atoms with E-state index in [0.29, 0.717) is 6.42 Å². The zero-order chi connectivity index (χ0) is 29.6. The number of nitrogens with two attached hydrogens (primary N) is 1. The second kappa shape index (κ2) is 29.7. The molecule has 0 amide bonds. The maximum atomic E-state index is 11.8. The topological polar surface area (TPSA) is 128 Å². The number of aliphatic hydroxyl groups is 1. The van der Waals surface area contributed by atoms with Crippen LogP contribution in [0.15, 0.2) is 12.2 Å². The summed E-state index contributed by atoms with van der Waals surface area (Å²) in [5, 5.41) is 9.73. The zero-order valence-corrected chi connectivity index (χ0v) is 26.5. The van der Waals surface area contributed by atoms with Gasteiger partial charge in [-0.15, -0.1) is 0 Å². The van der Waals surface area contributed by atoms with Crippen LogP contribution < -0.4 is 5.73 Å². The van der Waals surface area contributed by atoms with Gasteiger partial charge >= 0.3 is 13.8 Å². The van der Waals surface area contributed by atoms with Gasteiger partial charge in [-0.25, -0.2) is 4.57 Å². The average molecular weight is 592 g/mol. The number of hydrogen-bond donors (Lipinski definition) is 3. The molecule has 4 N–H and O–H groups in total. The Labute approximate surface area is 245 Å². The highest BCUT2D eigenvalue weighted by atomic mass is 31.2.